The third-order valence-electron chi connectivity index (χ3n) is 3.89. The fourth-order valence-corrected chi connectivity index (χ4v) is 2.14. The minimum Gasteiger partial charge on any atom is -0.396 e. The van der Waals surface area contributed by atoms with E-state index in [1.54, 1.807) is 0 Å². The number of rotatable bonds is 7. The van der Waals surface area contributed by atoms with E-state index < -0.39 is 11.8 Å². The molecule has 0 bridgehead atoms. The molecule has 5 nitrogen and oxygen atoms in total. The number of carbonyl (C=O) groups excluding carboxylic acids is 2. The highest BCUT2D eigenvalue weighted by Gasteiger charge is 2.42. The van der Waals surface area contributed by atoms with Crippen LogP contribution in [0.25, 0.3) is 0 Å². The van der Waals surface area contributed by atoms with Crippen LogP contribution in [0.2, 0.25) is 0 Å². The van der Waals surface area contributed by atoms with Gasteiger partial charge in [-0.2, -0.15) is 0 Å². The highest BCUT2D eigenvalue weighted by molar-refractivity contribution is 6.35. The minimum atomic E-state index is -0.616. The molecule has 1 aliphatic carbocycles. The molecule has 2 amide bonds. The van der Waals surface area contributed by atoms with Crippen molar-refractivity contribution in [3.63, 3.8) is 0 Å². The summed E-state index contributed by atoms with van der Waals surface area (Å²) in [5, 5.41) is 14.3. The van der Waals surface area contributed by atoms with Crippen LogP contribution in [0, 0.1) is 5.41 Å². The Morgan fingerprint density at radius 1 is 1.10 bits per heavy atom. The van der Waals surface area contributed by atoms with E-state index in [1.807, 2.05) is 30.3 Å². The number of aliphatic hydroxyl groups excluding tert-OH is 1. The summed E-state index contributed by atoms with van der Waals surface area (Å²) < 4.78 is 0. The Morgan fingerprint density at radius 3 is 2.38 bits per heavy atom. The lowest BCUT2D eigenvalue weighted by atomic mass is 10.1. The van der Waals surface area contributed by atoms with Gasteiger partial charge in [0.25, 0.3) is 0 Å². The molecule has 0 aromatic heterocycles. The van der Waals surface area contributed by atoms with E-state index in [0.29, 0.717) is 13.1 Å². The van der Waals surface area contributed by atoms with Crippen molar-refractivity contribution >= 4 is 11.8 Å². The molecule has 0 heterocycles. The van der Waals surface area contributed by atoms with Crippen LogP contribution in [-0.4, -0.2) is 36.6 Å². The topological polar surface area (TPSA) is 78.4 Å². The van der Waals surface area contributed by atoms with Gasteiger partial charge >= 0.3 is 11.8 Å². The van der Waals surface area contributed by atoms with Gasteiger partial charge in [0.2, 0.25) is 0 Å². The molecule has 3 N–H and O–H groups in total. The molecule has 0 atom stereocenters. The lowest BCUT2D eigenvalue weighted by molar-refractivity contribution is -0.139. The fourth-order valence-electron chi connectivity index (χ4n) is 2.14. The third-order valence-corrected chi connectivity index (χ3v) is 3.89. The molecule has 1 aliphatic rings. The molecule has 114 valence electrons. The SMILES string of the molecule is O=C(NCCCc1ccccc1)C(=O)NCC1(CO)CC1. The maximum absolute atomic E-state index is 11.6. The highest BCUT2D eigenvalue weighted by atomic mass is 16.3. The average molecular weight is 290 g/mol. The first-order chi connectivity index (χ1) is 10.2. The maximum atomic E-state index is 11.6. The van der Waals surface area contributed by atoms with Crippen molar-refractivity contribution < 1.29 is 14.7 Å². The van der Waals surface area contributed by atoms with Gasteiger partial charge in [-0.1, -0.05) is 30.3 Å². The molecule has 1 aromatic rings. The van der Waals surface area contributed by atoms with Gasteiger partial charge in [-0.3, -0.25) is 9.59 Å². The maximum Gasteiger partial charge on any atom is 0.309 e. The Kier molecular flexibility index (Phi) is 5.33. The molecular weight excluding hydrogens is 268 g/mol. The van der Waals surface area contributed by atoms with Gasteiger partial charge in [0, 0.05) is 18.5 Å². The van der Waals surface area contributed by atoms with Gasteiger partial charge in [-0.25, -0.2) is 0 Å². The number of nitrogens with one attached hydrogen (secondary N) is 2. The van der Waals surface area contributed by atoms with E-state index in [1.165, 1.54) is 5.56 Å². The van der Waals surface area contributed by atoms with Crippen LogP contribution in [0.3, 0.4) is 0 Å². The largest absolute Gasteiger partial charge is 0.396 e. The molecule has 0 radical (unpaired) electrons. The Hall–Kier alpha value is -1.88. The standard InChI is InChI=1S/C16H22N2O3/c19-12-16(8-9-16)11-18-15(21)14(20)17-10-4-7-13-5-2-1-3-6-13/h1-3,5-6,19H,4,7-12H2,(H,17,20)(H,18,21). The van der Waals surface area contributed by atoms with E-state index in [0.717, 1.165) is 25.7 Å². The summed E-state index contributed by atoms with van der Waals surface area (Å²) in [5.74, 6) is -1.22. The number of amides is 2. The molecule has 1 fully saturated rings. The van der Waals surface area contributed by atoms with Crippen LogP contribution in [0.1, 0.15) is 24.8 Å². The van der Waals surface area contributed by atoms with Crippen LogP contribution in [-0.2, 0) is 16.0 Å². The van der Waals surface area contributed by atoms with Gasteiger partial charge in [-0.05, 0) is 31.2 Å². The van der Waals surface area contributed by atoms with Crippen LogP contribution < -0.4 is 10.6 Å². The zero-order valence-electron chi connectivity index (χ0n) is 12.1. The van der Waals surface area contributed by atoms with Crippen LogP contribution >= 0.6 is 0 Å². The second kappa shape index (κ2) is 7.22. The van der Waals surface area contributed by atoms with Crippen molar-refractivity contribution in [2.45, 2.75) is 25.7 Å². The van der Waals surface area contributed by atoms with Crippen molar-refractivity contribution in [3.05, 3.63) is 35.9 Å². The summed E-state index contributed by atoms with van der Waals surface area (Å²) in [4.78, 5) is 23.2. The van der Waals surface area contributed by atoms with Crippen LogP contribution in [0.15, 0.2) is 30.3 Å². The second-order valence-corrected chi connectivity index (χ2v) is 5.69. The third kappa shape index (κ3) is 4.86. The predicted octanol–water partition coefficient (Wildman–Crippen LogP) is 0.624. The molecule has 2 rings (SSSR count). The Bertz CT molecular complexity index is 484. The van der Waals surface area contributed by atoms with E-state index in [9.17, 15) is 9.59 Å². The van der Waals surface area contributed by atoms with E-state index in [4.69, 9.17) is 5.11 Å². The first-order valence-electron chi connectivity index (χ1n) is 7.36. The summed E-state index contributed by atoms with van der Waals surface area (Å²) in [6, 6.07) is 10.0. The summed E-state index contributed by atoms with van der Waals surface area (Å²) in [7, 11) is 0. The van der Waals surface area contributed by atoms with E-state index >= 15 is 0 Å². The van der Waals surface area contributed by atoms with Gasteiger partial charge in [-0.15, -0.1) is 0 Å². The number of hydrogen-bond donors (Lipinski definition) is 3. The number of carbonyl (C=O) groups is 2. The smallest absolute Gasteiger partial charge is 0.309 e. The first kappa shape index (κ1) is 15.5. The molecule has 0 unspecified atom stereocenters. The van der Waals surface area contributed by atoms with Gasteiger partial charge in [0.15, 0.2) is 0 Å². The average Bonchev–Trinajstić information content (AvgIpc) is 3.30. The summed E-state index contributed by atoms with van der Waals surface area (Å²) in [6.07, 6.45) is 3.48. The number of aryl methyl sites for hydroxylation is 1. The molecule has 1 aromatic carbocycles. The molecule has 5 heteroatoms. The Labute approximate surface area is 124 Å². The fraction of sp³-hybridized carbons (Fsp3) is 0.500. The quantitative estimate of drug-likeness (QED) is 0.509. The Morgan fingerprint density at radius 2 is 1.76 bits per heavy atom. The highest BCUT2D eigenvalue weighted by Crippen LogP contribution is 2.44. The van der Waals surface area contributed by atoms with Crippen molar-refractivity contribution in [2.24, 2.45) is 5.41 Å². The van der Waals surface area contributed by atoms with Crippen molar-refractivity contribution in [1.29, 1.82) is 0 Å². The van der Waals surface area contributed by atoms with Crippen molar-refractivity contribution in [1.82, 2.24) is 10.6 Å². The first-order valence-corrected chi connectivity index (χ1v) is 7.36. The number of aliphatic hydroxyl groups is 1. The predicted molar refractivity (Wildman–Crippen MR) is 79.5 cm³/mol. The second-order valence-electron chi connectivity index (χ2n) is 5.69. The van der Waals surface area contributed by atoms with Gasteiger partial charge < -0.3 is 15.7 Å². The summed E-state index contributed by atoms with van der Waals surface area (Å²) in [5.41, 5.74) is 1.04. The normalized spacial score (nSPS) is 15.3. The molecule has 21 heavy (non-hydrogen) atoms. The number of hydrogen-bond acceptors (Lipinski definition) is 3. The minimum absolute atomic E-state index is 0.0615. The summed E-state index contributed by atoms with van der Waals surface area (Å²) >= 11 is 0. The molecule has 0 aliphatic heterocycles. The van der Waals surface area contributed by atoms with Crippen LogP contribution in [0.5, 0.6) is 0 Å². The monoisotopic (exact) mass is 290 g/mol. The van der Waals surface area contributed by atoms with E-state index in [2.05, 4.69) is 10.6 Å². The lowest BCUT2D eigenvalue weighted by Crippen LogP contribution is -2.42. The van der Waals surface area contributed by atoms with Crippen molar-refractivity contribution in [3.8, 4) is 0 Å². The Balaban J connectivity index is 1.59. The molecule has 1 saturated carbocycles. The van der Waals surface area contributed by atoms with Gasteiger partial charge in [0.05, 0.1) is 6.61 Å². The zero-order valence-corrected chi connectivity index (χ0v) is 12.1. The van der Waals surface area contributed by atoms with Gasteiger partial charge in [0.1, 0.15) is 0 Å². The van der Waals surface area contributed by atoms with E-state index in [-0.39, 0.29) is 12.0 Å². The lowest BCUT2D eigenvalue weighted by Gasteiger charge is -2.12. The molecule has 0 saturated heterocycles. The van der Waals surface area contributed by atoms with Crippen molar-refractivity contribution in [2.75, 3.05) is 19.7 Å². The molecule has 0 spiro atoms. The molecular formula is C16H22N2O3. The van der Waals surface area contributed by atoms with Crippen LogP contribution in [0.4, 0.5) is 0 Å². The number of benzene rings is 1. The summed E-state index contributed by atoms with van der Waals surface area (Å²) in [6.45, 7) is 0.915. The zero-order chi connectivity index (χ0) is 15.1.